The summed E-state index contributed by atoms with van der Waals surface area (Å²) in [6, 6.07) is 11.0. The van der Waals surface area contributed by atoms with Crippen molar-refractivity contribution in [2.75, 3.05) is 7.11 Å². The second-order valence-corrected chi connectivity index (χ2v) is 6.30. The summed E-state index contributed by atoms with van der Waals surface area (Å²) in [5.74, 6) is -0.527. The van der Waals surface area contributed by atoms with Gasteiger partial charge in [0.15, 0.2) is 5.11 Å². The van der Waals surface area contributed by atoms with Crippen molar-refractivity contribution >= 4 is 51.7 Å². The molecule has 0 bridgehead atoms. The number of halogens is 1. The average Bonchev–Trinajstić information content (AvgIpc) is 2.60. The summed E-state index contributed by atoms with van der Waals surface area (Å²) in [6.07, 6.45) is 0. The SMILES string of the molecule is COc1ccc(C(=O)NC(=S)NNC(=O)c2ccccc2O)cc1I. The zero-order valence-corrected chi connectivity index (χ0v) is 16.0. The number of methoxy groups -OCH3 is 1. The molecule has 0 atom stereocenters. The normalized spacial score (nSPS) is 9.84. The topological polar surface area (TPSA) is 99.7 Å². The first-order valence-electron chi connectivity index (χ1n) is 6.95. The molecule has 0 aromatic heterocycles. The van der Waals surface area contributed by atoms with E-state index >= 15 is 0 Å². The van der Waals surface area contributed by atoms with Crippen LogP contribution in [-0.2, 0) is 0 Å². The predicted octanol–water partition coefficient (Wildman–Crippen LogP) is 1.95. The molecule has 4 N–H and O–H groups in total. The lowest BCUT2D eigenvalue weighted by Crippen LogP contribution is -2.48. The number of hydrogen-bond acceptors (Lipinski definition) is 5. The van der Waals surface area contributed by atoms with Crippen LogP contribution in [-0.4, -0.2) is 29.1 Å². The van der Waals surface area contributed by atoms with Crippen molar-refractivity contribution < 1.29 is 19.4 Å². The van der Waals surface area contributed by atoms with E-state index in [2.05, 4.69) is 38.8 Å². The van der Waals surface area contributed by atoms with Crippen LogP contribution in [0.25, 0.3) is 0 Å². The van der Waals surface area contributed by atoms with Crippen LogP contribution < -0.4 is 20.9 Å². The van der Waals surface area contributed by atoms with E-state index in [1.807, 2.05) is 0 Å². The number of benzene rings is 2. The summed E-state index contributed by atoms with van der Waals surface area (Å²) < 4.78 is 5.91. The van der Waals surface area contributed by atoms with Gasteiger partial charge in [0.1, 0.15) is 11.5 Å². The molecule has 0 fully saturated rings. The van der Waals surface area contributed by atoms with Crippen LogP contribution in [0.4, 0.5) is 0 Å². The number of para-hydroxylation sites is 1. The Bertz CT molecular complexity index is 829. The zero-order valence-electron chi connectivity index (χ0n) is 13.0. The van der Waals surface area contributed by atoms with Crippen molar-refractivity contribution in [1.29, 1.82) is 0 Å². The summed E-state index contributed by atoms with van der Waals surface area (Å²) in [5, 5.41) is 12.0. The Morgan fingerprint density at radius 2 is 1.84 bits per heavy atom. The van der Waals surface area contributed by atoms with Gasteiger partial charge in [0.25, 0.3) is 11.8 Å². The molecular weight excluding hydrogens is 457 g/mol. The van der Waals surface area contributed by atoms with Crippen molar-refractivity contribution in [2.45, 2.75) is 0 Å². The molecule has 2 rings (SSSR count). The number of aromatic hydroxyl groups is 1. The van der Waals surface area contributed by atoms with Crippen LogP contribution in [0.1, 0.15) is 20.7 Å². The maximum atomic E-state index is 12.1. The standard InChI is InChI=1S/C16H14IN3O4S/c1-24-13-7-6-9(8-11(13)17)14(22)18-16(25)20-19-15(23)10-4-2-3-5-12(10)21/h2-8,21H,1H3,(H,19,23)(H2,18,20,22,25). The molecule has 130 valence electrons. The van der Waals surface area contributed by atoms with Crippen molar-refractivity contribution in [3.05, 3.63) is 57.2 Å². The van der Waals surface area contributed by atoms with Gasteiger partial charge in [-0.15, -0.1) is 0 Å². The van der Waals surface area contributed by atoms with Crippen LogP contribution in [0.3, 0.4) is 0 Å². The lowest BCUT2D eigenvalue weighted by Gasteiger charge is -2.12. The maximum Gasteiger partial charge on any atom is 0.273 e. The third kappa shape index (κ3) is 5.03. The molecule has 9 heteroatoms. The number of phenols is 1. The quantitative estimate of drug-likeness (QED) is 0.311. The number of thiocarbonyl (C=S) groups is 1. The second-order valence-electron chi connectivity index (χ2n) is 4.73. The first-order valence-corrected chi connectivity index (χ1v) is 8.44. The number of carbonyl (C=O) groups excluding carboxylic acids is 2. The van der Waals surface area contributed by atoms with Gasteiger partial charge in [-0.25, -0.2) is 0 Å². The molecule has 0 aliphatic rings. The molecule has 0 heterocycles. The van der Waals surface area contributed by atoms with E-state index in [-0.39, 0.29) is 16.4 Å². The lowest BCUT2D eigenvalue weighted by atomic mass is 10.2. The molecule has 0 unspecified atom stereocenters. The van der Waals surface area contributed by atoms with Crippen molar-refractivity contribution in [3.63, 3.8) is 0 Å². The maximum absolute atomic E-state index is 12.1. The van der Waals surface area contributed by atoms with Crippen molar-refractivity contribution in [2.24, 2.45) is 0 Å². The Kier molecular flexibility index (Phi) is 6.53. The minimum Gasteiger partial charge on any atom is -0.507 e. The van der Waals surface area contributed by atoms with E-state index in [4.69, 9.17) is 17.0 Å². The number of carbonyl (C=O) groups is 2. The van der Waals surface area contributed by atoms with E-state index < -0.39 is 11.8 Å². The highest BCUT2D eigenvalue weighted by atomic mass is 127. The Labute approximate surface area is 162 Å². The monoisotopic (exact) mass is 471 g/mol. The average molecular weight is 471 g/mol. The van der Waals surface area contributed by atoms with Gasteiger partial charge in [-0.05, 0) is 65.1 Å². The summed E-state index contributed by atoms with van der Waals surface area (Å²) in [6.45, 7) is 0. The zero-order chi connectivity index (χ0) is 18.4. The third-order valence-electron chi connectivity index (χ3n) is 3.08. The summed E-state index contributed by atoms with van der Waals surface area (Å²) in [5.41, 5.74) is 5.18. The van der Waals surface area contributed by atoms with E-state index in [9.17, 15) is 14.7 Å². The summed E-state index contributed by atoms with van der Waals surface area (Å²) in [7, 11) is 1.55. The Balaban J connectivity index is 1.92. The van der Waals surface area contributed by atoms with Crippen LogP contribution >= 0.6 is 34.8 Å². The van der Waals surface area contributed by atoms with Gasteiger partial charge in [0.2, 0.25) is 0 Å². The number of ether oxygens (including phenoxy) is 1. The number of hydrazine groups is 1. The van der Waals surface area contributed by atoms with Crippen molar-refractivity contribution in [1.82, 2.24) is 16.2 Å². The second kappa shape index (κ2) is 8.62. The molecule has 0 radical (unpaired) electrons. The molecule has 0 saturated heterocycles. The molecular formula is C16H14IN3O4S. The fourth-order valence-corrected chi connectivity index (χ4v) is 2.74. The van der Waals surface area contributed by atoms with E-state index in [1.165, 1.54) is 12.1 Å². The van der Waals surface area contributed by atoms with Gasteiger partial charge in [-0.3, -0.25) is 25.8 Å². The van der Waals surface area contributed by atoms with Crippen LogP contribution in [0, 0.1) is 3.57 Å². The highest BCUT2D eigenvalue weighted by molar-refractivity contribution is 14.1. The van der Waals surface area contributed by atoms with Gasteiger partial charge in [0, 0.05) is 5.56 Å². The van der Waals surface area contributed by atoms with E-state index in [0.29, 0.717) is 11.3 Å². The molecule has 2 aromatic rings. The number of hydrogen-bond donors (Lipinski definition) is 4. The van der Waals surface area contributed by atoms with E-state index in [1.54, 1.807) is 37.4 Å². The van der Waals surface area contributed by atoms with Crippen LogP contribution in [0.15, 0.2) is 42.5 Å². The predicted molar refractivity (Wildman–Crippen MR) is 104 cm³/mol. The molecule has 0 saturated carbocycles. The Morgan fingerprint density at radius 1 is 1.12 bits per heavy atom. The number of amides is 2. The van der Waals surface area contributed by atoms with Crippen LogP contribution in [0.5, 0.6) is 11.5 Å². The minimum atomic E-state index is -0.589. The number of phenolic OH excluding ortho intramolecular Hbond substituents is 1. The van der Waals surface area contributed by atoms with Crippen molar-refractivity contribution in [3.8, 4) is 11.5 Å². The number of rotatable bonds is 3. The first kappa shape index (κ1) is 18.9. The molecule has 2 aromatic carbocycles. The van der Waals surface area contributed by atoms with Gasteiger partial charge in [0.05, 0.1) is 16.2 Å². The minimum absolute atomic E-state index is 0.0776. The van der Waals surface area contributed by atoms with E-state index in [0.717, 1.165) is 3.57 Å². The van der Waals surface area contributed by atoms with Crippen LogP contribution in [0.2, 0.25) is 0 Å². The fourth-order valence-electron chi connectivity index (χ4n) is 1.86. The first-order chi connectivity index (χ1) is 11.9. The van der Waals surface area contributed by atoms with Gasteiger partial charge >= 0.3 is 0 Å². The Hall–Kier alpha value is -2.40. The summed E-state index contributed by atoms with van der Waals surface area (Å²) in [4.78, 5) is 24.1. The molecule has 0 aliphatic carbocycles. The highest BCUT2D eigenvalue weighted by Gasteiger charge is 2.13. The molecule has 2 amide bonds. The van der Waals surface area contributed by atoms with Gasteiger partial charge < -0.3 is 9.84 Å². The largest absolute Gasteiger partial charge is 0.507 e. The number of nitrogens with one attached hydrogen (secondary N) is 3. The van der Waals surface area contributed by atoms with Gasteiger partial charge in [-0.2, -0.15) is 0 Å². The van der Waals surface area contributed by atoms with Gasteiger partial charge in [-0.1, -0.05) is 12.1 Å². The third-order valence-corrected chi connectivity index (χ3v) is 4.13. The summed E-state index contributed by atoms with van der Waals surface area (Å²) >= 11 is 7.02. The lowest BCUT2D eigenvalue weighted by molar-refractivity contribution is 0.0932. The molecule has 7 nitrogen and oxygen atoms in total. The highest BCUT2D eigenvalue weighted by Crippen LogP contribution is 2.21. The molecule has 0 spiro atoms. The smallest absolute Gasteiger partial charge is 0.273 e. The molecule has 0 aliphatic heterocycles. The fraction of sp³-hybridized carbons (Fsp3) is 0.0625. The molecule has 25 heavy (non-hydrogen) atoms. The Morgan fingerprint density at radius 3 is 2.48 bits per heavy atom.